The monoisotopic (exact) mass is 298 g/mol. The summed E-state index contributed by atoms with van der Waals surface area (Å²) in [5, 5.41) is 4.84. The molecule has 2 rings (SSSR count). The van der Waals surface area contributed by atoms with Crippen LogP contribution in [0.4, 0.5) is 23.5 Å². The van der Waals surface area contributed by atoms with Gasteiger partial charge in [-0.1, -0.05) is 0 Å². The summed E-state index contributed by atoms with van der Waals surface area (Å²) in [6.45, 7) is 0. The first-order chi connectivity index (χ1) is 9.18. The smallest absolute Gasteiger partial charge is 0.238 e. The van der Waals surface area contributed by atoms with Gasteiger partial charge in [-0.25, -0.2) is 13.6 Å². The van der Waals surface area contributed by atoms with Crippen LogP contribution in [0.5, 0.6) is 0 Å². The first-order valence-corrected chi connectivity index (χ1v) is 6.64. The molecule has 2 aromatic rings. The van der Waals surface area contributed by atoms with Crippen molar-refractivity contribution in [3.8, 4) is 0 Å². The third-order valence-corrected chi connectivity index (χ3v) is 2.83. The summed E-state index contributed by atoms with van der Waals surface area (Å²) in [4.78, 5) is 10.5. The molecular weight excluding hydrogens is 284 g/mol. The topological polar surface area (TPSA) is 203 Å². The van der Waals surface area contributed by atoms with Gasteiger partial charge in [0.2, 0.25) is 27.9 Å². The van der Waals surface area contributed by atoms with Gasteiger partial charge in [-0.3, -0.25) is 0 Å². The number of anilines is 4. The van der Waals surface area contributed by atoms with E-state index >= 15 is 0 Å². The third kappa shape index (κ3) is 4.91. The summed E-state index contributed by atoms with van der Waals surface area (Å²) >= 11 is 0. The van der Waals surface area contributed by atoms with Gasteiger partial charge < -0.3 is 22.9 Å². The molecule has 108 valence electrons. The van der Waals surface area contributed by atoms with Crippen LogP contribution in [0, 0.1) is 0 Å². The minimum Gasteiger partial charge on any atom is -0.399 e. The molecule has 10 nitrogen and oxygen atoms in total. The number of sulfonamides is 1. The van der Waals surface area contributed by atoms with Crippen LogP contribution in [-0.4, -0.2) is 23.4 Å². The Balaban J connectivity index is 0.000000204. The molecule has 0 bridgehead atoms. The second kappa shape index (κ2) is 5.99. The molecular formula is C9H14N8O2S. The summed E-state index contributed by atoms with van der Waals surface area (Å²) in [6, 6.07) is 5.70. The lowest BCUT2D eigenvalue weighted by Crippen LogP contribution is -2.11. The lowest BCUT2D eigenvalue weighted by molar-refractivity contribution is 0.598. The highest BCUT2D eigenvalue weighted by Gasteiger charge is 2.05. The highest BCUT2D eigenvalue weighted by atomic mass is 32.2. The summed E-state index contributed by atoms with van der Waals surface area (Å²) in [5.41, 5.74) is 21.3. The fourth-order valence-corrected chi connectivity index (χ4v) is 1.60. The number of hydrogen-bond acceptors (Lipinski definition) is 9. The first-order valence-electron chi connectivity index (χ1n) is 5.09. The van der Waals surface area contributed by atoms with E-state index in [1.165, 1.54) is 24.3 Å². The van der Waals surface area contributed by atoms with Gasteiger partial charge in [-0.05, 0) is 24.3 Å². The fourth-order valence-electron chi connectivity index (χ4n) is 1.08. The number of primary sulfonamides is 1. The zero-order chi connectivity index (χ0) is 15.3. The van der Waals surface area contributed by atoms with E-state index < -0.39 is 10.0 Å². The Labute approximate surface area is 115 Å². The Morgan fingerprint density at radius 1 is 0.750 bits per heavy atom. The molecule has 0 aliphatic carbocycles. The summed E-state index contributed by atoms with van der Waals surface area (Å²) in [6.07, 6.45) is 0. The van der Waals surface area contributed by atoms with Gasteiger partial charge in [0.05, 0.1) is 4.90 Å². The molecule has 0 unspecified atom stereocenters. The molecule has 0 spiro atoms. The van der Waals surface area contributed by atoms with Crippen LogP contribution in [0.1, 0.15) is 0 Å². The Hall–Kier alpha value is -2.66. The maximum absolute atomic E-state index is 10.7. The van der Waals surface area contributed by atoms with Crippen molar-refractivity contribution in [2.75, 3.05) is 22.9 Å². The zero-order valence-corrected chi connectivity index (χ0v) is 11.1. The number of nitrogens with two attached hydrogens (primary N) is 5. The zero-order valence-electron chi connectivity index (χ0n) is 10.3. The van der Waals surface area contributed by atoms with Crippen molar-refractivity contribution in [2.24, 2.45) is 5.14 Å². The maximum atomic E-state index is 10.7. The molecule has 0 atom stereocenters. The molecule has 20 heavy (non-hydrogen) atoms. The fraction of sp³-hybridized carbons (Fsp3) is 0. The van der Waals surface area contributed by atoms with Crippen molar-refractivity contribution in [2.45, 2.75) is 4.90 Å². The van der Waals surface area contributed by atoms with Crippen molar-refractivity contribution >= 4 is 33.6 Å². The molecule has 0 saturated heterocycles. The van der Waals surface area contributed by atoms with Gasteiger partial charge in [0, 0.05) is 5.69 Å². The Morgan fingerprint density at radius 3 is 1.40 bits per heavy atom. The number of nitrogen functional groups attached to an aromatic ring is 4. The highest BCUT2D eigenvalue weighted by molar-refractivity contribution is 7.89. The second-order valence-corrected chi connectivity index (χ2v) is 5.09. The molecule has 11 heteroatoms. The van der Waals surface area contributed by atoms with Gasteiger partial charge in [0.1, 0.15) is 0 Å². The minimum atomic E-state index is -3.58. The normalized spacial score (nSPS) is 10.4. The summed E-state index contributed by atoms with van der Waals surface area (Å²) in [5.74, 6) is 0.125. The Morgan fingerprint density at radius 2 is 1.10 bits per heavy atom. The predicted octanol–water partition coefficient (Wildman–Crippen LogP) is -1.47. The molecule has 0 amide bonds. The molecule has 0 aliphatic rings. The molecule has 0 aliphatic heterocycles. The largest absolute Gasteiger partial charge is 0.399 e. The van der Waals surface area contributed by atoms with Crippen LogP contribution in [0.2, 0.25) is 0 Å². The van der Waals surface area contributed by atoms with Crippen LogP contribution < -0.4 is 28.1 Å². The van der Waals surface area contributed by atoms with Gasteiger partial charge in [-0.2, -0.15) is 15.0 Å². The second-order valence-electron chi connectivity index (χ2n) is 3.52. The maximum Gasteiger partial charge on any atom is 0.238 e. The summed E-state index contributed by atoms with van der Waals surface area (Å²) < 4.78 is 21.4. The van der Waals surface area contributed by atoms with E-state index in [2.05, 4.69) is 15.0 Å². The molecule has 1 aromatic heterocycles. The molecule has 1 aromatic carbocycles. The molecule has 1 heterocycles. The predicted molar refractivity (Wildman–Crippen MR) is 75.3 cm³/mol. The molecule has 10 N–H and O–H groups in total. The van der Waals surface area contributed by atoms with Crippen molar-refractivity contribution in [3.05, 3.63) is 24.3 Å². The van der Waals surface area contributed by atoms with E-state index in [1.807, 2.05) is 0 Å². The van der Waals surface area contributed by atoms with E-state index in [4.69, 9.17) is 28.1 Å². The van der Waals surface area contributed by atoms with E-state index in [0.29, 0.717) is 5.69 Å². The highest BCUT2D eigenvalue weighted by Crippen LogP contribution is 2.08. The number of benzene rings is 1. The number of aromatic nitrogens is 3. The Kier molecular flexibility index (Phi) is 4.61. The first kappa shape index (κ1) is 15.4. The van der Waals surface area contributed by atoms with Crippen LogP contribution in [0.3, 0.4) is 0 Å². The number of hydrogen-bond donors (Lipinski definition) is 5. The van der Waals surface area contributed by atoms with Crippen LogP contribution in [0.15, 0.2) is 29.2 Å². The van der Waals surface area contributed by atoms with Gasteiger partial charge in [0.25, 0.3) is 0 Å². The van der Waals surface area contributed by atoms with E-state index in [-0.39, 0.29) is 22.7 Å². The standard InChI is InChI=1S/C6H8N2O2S.C3H6N6/c7-5-1-3-6(4-2-5)11(8,9)10;4-1-7-2(5)9-3(6)8-1/h1-4H,7H2,(H2,8,9,10);(H6,4,5,6,7,8,9). The average Bonchev–Trinajstić information content (AvgIpc) is 2.26. The molecule has 0 saturated carbocycles. The lowest BCUT2D eigenvalue weighted by atomic mass is 10.3. The van der Waals surface area contributed by atoms with Crippen molar-refractivity contribution < 1.29 is 8.42 Å². The van der Waals surface area contributed by atoms with Gasteiger partial charge >= 0.3 is 0 Å². The van der Waals surface area contributed by atoms with E-state index in [1.54, 1.807) is 0 Å². The lowest BCUT2D eigenvalue weighted by Gasteiger charge is -1.96. The quantitative estimate of drug-likeness (QED) is 0.389. The Bertz CT molecular complexity index is 635. The molecule has 0 fully saturated rings. The van der Waals surface area contributed by atoms with E-state index in [9.17, 15) is 8.42 Å². The molecule has 0 radical (unpaired) electrons. The van der Waals surface area contributed by atoms with Crippen LogP contribution in [-0.2, 0) is 10.0 Å². The van der Waals surface area contributed by atoms with Crippen molar-refractivity contribution in [1.29, 1.82) is 0 Å². The number of nitrogens with zero attached hydrogens (tertiary/aromatic N) is 3. The number of rotatable bonds is 1. The average molecular weight is 298 g/mol. The van der Waals surface area contributed by atoms with Gasteiger partial charge in [0.15, 0.2) is 0 Å². The summed E-state index contributed by atoms with van der Waals surface area (Å²) in [7, 11) is -3.58. The van der Waals surface area contributed by atoms with Crippen LogP contribution in [0.25, 0.3) is 0 Å². The van der Waals surface area contributed by atoms with Crippen molar-refractivity contribution in [1.82, 2.24) is 15.0 Å². The third-order valence-electron chi connectivity index (χ3n) is 1.90. The van der Waals surface area contributed by atoms with Crippen LogP contribution >= 0.6 is 0 Å². The minimum absolute atomic E-state index is 0.0417. The van der Waals surface area contributed by atoms with Gasteiger partial charge in [-0.15, -0.1) is 0 Å². The SMILES string of the molecule is Nc1ccc(S(N)(=O)=O)cc1.Nc1nc(N)nc(N)n1. The van der Waals surface area contributed by atoms with E-state index in [0.717, 1.165) is 0 Å². The van der Waals surface area contributed by atoms with Crippen molar-refractivity contribution in [3.63, 3.8) is 0 Å².